The topological polar surface area (TPSA) is 75.7 Å². The van der Waals surface area contributed by atoms with Gasteiger partial charge in [-0.25, -0.2) is 9.11 Å². The molecule has 0 atom stereocenters. The van der Waals surface area contributed by atoms with Gasteiger partial charge in [-0.2, -0.15) is 12.7 Å². The summed E-state index contributed by atoms with van der Waals surface area (Å²) in [6.07, 6.45) is 3.58. The quantitative estimate of drug-likeness (QED) is 0.811. The number of hydrogen-bond acceptors (Lipinski definition) is 4. The number of benzene rings is 1. The van der Waals surface area contributed by atoms with Crippen molar-refractivity contribution in [2.75, 3.05) is 14.1 Å². The average molecular weight is 409 g/mol. The maximum atomic E-state index is 14.2. The molecule has 1 saturated carbocycles. The number of ether oxygens (including phenoxy) is 1. The van der Waals surface area contributed by atoms with Gasteiger partial charge in [0.15, 0.2) is 0 Å². The van der Waals surface area contributed by atoms with Crippen molar-refractivity contribution in [1.29, 1.82) is 0 Å². The van der Waals surface area contributed by atoms with Crippen LogP contribution in [0, 0.1) is 5.82 Å². The number of carbonyl (C=O) groups excluding carboxylic acids is 1. The molecule has 1 fully saturated rings. The van der Waals surface area contributed by atoms with Crippen LogP contribution in [0.4, 0.5) is 4.39 Å². The zero-order valence-electron chi connectivity index (χ0n) is 12.8. The van der Waals surface area contributed by atoms with E-state index in [9.17, 15) is 17.6 Å². The smallest absolute Gasteiger partial charge is 0.303 e. The van der Waals surface area contributed by atoms with Gasteiger partial charge in [-0.05, 0) is 37.8 Å². The van der Waals surface area contributed by atoms with Crippen molar-refractivity contribution >= 4 is 32.0 Å². The van der Waals surface area contributed by atoms with Crippen LogP contribution in [0.3, 0.4) is 0 Å². The Balaban J connectivity index is 2.34. The van der Waals surface area contributed by atoms with Crippen LogP contribution in [0.25, 0.3) is 0 Å². The zero-order chi connectivity index (χ0) is 17.2. The van der Waals surface area contributed by atoms with E-state index in [1.54, 1.807) is 0 Å². The SMILES string of the molecule is CN(C)S(=O)(=O)NC(=O)c1c(F)cc(Br)cc1OC1CCCC1. The second-order valence-electron chi connectivity index (χ2n) is 5.50. The van der Waals surface area contributed by atoms with Gasteiger partial charge in [-0.1, -0.05) is 15.9 Å². The number of amides is 1. The van der Waals surface area contributed by atoms with E-state index >= 15 is 0 Å². The molecule has 0 aromatic heterocycles. The van der Waals surface area contributed by atoms with Gasteiger partial charge in [-0.15, -0.1) is 0 Å². The molecular formula is C14H18BrFN2O4S. The van der Waals surface area contributed by atoms with Crippen LogP contribution in [0.15, 0.2) is 16.6 Å². The minimum Gasteiger partial charge on any atom is -0.489 e. The van der Waals surface area contributed by atoms with E-state index < -0.39 is 27.5 Å². The van der Waals surface area contributed by atoms with Crippen LogP contribution in [0.5, 0.6) is 5.75 Å². The highest BCUT2D eigenvalue weighted by molar-refractivity contribution is 9.10. The highest BCUT2D eigenvalue weighted by Gasteiger charge is 2.27. The standard InChI is InChI=1S/C14H18BrFN2O4S/c1-18(2)23(20,21)17-14(19)13-11(16)7-9(15)8-12(13)22-10-5-3-4-6-10/h7-8,10H,3-6H2,1-2H3,(H,17,19). The fraction of sp³-hybridized carbons (Fsp3) is 0.500. The summed E-state index contributed by atoms with van der Waals surface area (Å²) in [4.78, 5) is 12.2. The molecule has 0 bridgehead atoms. The van der Waals surface area contributed by atoms with E-state index in [1.807, 2.05) is 4.72 Å². The molecule has 0 saturated heterocycles. The predicted octanol–water partition coefficient (Wildman–Crippen LogP) is 2.45. The van der Waals surface area contributed by atoms with Gasteiger partial charge in [0.1, 0.15) is 17.1 Å². The molecule has 1 N–H and O–H groups in total. The second-order valence-corrected chi connectivity index (χ2v) is 8.30. The molecule has 0 aliphatic heterocycles. The van der Waals surface area contributed by atoms with Crippen molar-refractivity contribution in [3.8, 4) is 5.75 Å². The minimum absolute atomic E-state index is 0.0373. The largest absolute Gasteiger partial charge is 0.489 e. The van der Waals surface area contributed by atoms with Gasteiger partial charge in [0.05, 0.1) is 6.10 Å². The van der Waals surface area contributed by atoms with Gasteiger partial charge >= 0.3 is 10.2 Å². The Morgan fingerprint density at radius 2 is 1.96 bits per heavy atom. The molecule has 23 heavy (non-hydrogen) atoms. The summed E-state index contributed by atoms with van der Waals surface area (Å²) in [5.74, 6) is -1.87. The third-order valence-corrected chi connectivity index (χ3v) is 5.41. The Morgan fingerprint density at radius 1 is 1.35 bits per heavy atom. The van der Waals surface area contributed by atoms with E-state index in [1.165, 1.54) is 20.2 Å². The van der Waals surface area contributed by atoms with Crippen molar-refractivity contribution in [2.45, 2.75) is 31.8 Å². The summed E-state index contributed by atoms with van der Waals surface area (Å²) >= 11 is 3.15. The first-order valence-electron chi connectivity index (χ1n) is 7.11. The molecule has 128 valence electrons. The molecule has 1 aliphatic carbocycles. The monoisotopic (exact) mass is 408 g/mol. The van der Waals surface area contributed by atoms with Gasteiger partial charge < -0.3 is 4.74 Å². The molecule has 0 heterocycles. The van der Waals surface area contributed by atoms with Crippen LogP contribution in [0.1, 0.15) is 36.0 Å². The van der Waals surface area contributed by atoms with E-state index in [2.05, 4.69) is 15.9 Å². The van der Waals surface area contributed by atoms with Crippen LogP contribution in [-0.4, -0.2) is 38.8 Å². The minimum atomic E-state index is -4.02. The Bertz CT molecular complexity index is 703. The fourth-order valence-corrected chi connectivity index (χ4v) is 3.24. The maximum Gasteiger partial charge on any atom is 0.303 e. The van der Waals surface area contributed by atoms with E-state index in [0.29, 0.717) is 4.47 Å². The maximum absolute atomic E-state index is 14.2. The van der Waals surface area contributed by atoms with Crippen molar-refractivity contribution in [1.82, 2.24) is 9.03 Å². The summed E-state index contributed by atoms with van der Waals surface area (Å²) in [6, 6.07) is 2.57. The molecular weight excluding hydrogens is 391 g/mol. The lowest BCUT2D eigenvalue weighted by Crippen LogP contribution is -2.40. The second kappa shape index (κ2) is 7.14. The molecule has 0 radical (unpaired) electrons. The van der Waals surface area contributed by atoms with E-state index in [-0.39, 0.29) is 11.9 Å². The van der Waals surface area contributed by atoms with E-state index in [0.717, 1.165) is 36.1 Å². The van der Waals surface area contributed by atoms with Crippen molar-refractivity contribution in [2.24, 2.45) is 0 Å². The number of hydrogen-bond donors (Lipinski definition) is 1. The molecule has 6 nitrogen and oxygen atoms in total. The third kappa shape index (κ3) is 4.42. The fourth-order valence-electron chi connectivity index (χ4n) is 2.31. The van der Waals surface area contributed by atoms with Gasteiger partial charge in [0.2, 0.25) is 0 Å². The zero-order valence-corrected chi connectivity index (χ0v) is 15.2. The Kier molecular flexibility index (Phi) is 5.64. The number of halogens is 2. The Hall–Kier alpha value is -1.19. The lowest BCUT2D eigenvalue weighted by Gasteiger charge is -2.18. The summed E-state index contributed by atoms with van der Waals surface area (Å²) < 4.78 is 46.6. The highest BCUT2D eigenvalue weighted by atomic mass is 79.9. The number of nitrogens with one attached hydrogen (secondary N) is 1. The predicted molar refractivity (Wildman–Crippen MR) is 87.1 cm³/mol. The molecule has 1 aliphatic rings. The summed E-state index contributed by atoms with van der Waals surface area (Å²) in [7, 11) is -1.48. The van der Waals surface area contributed by atoms with Crippen molar-refractivity contribution < 1.29 is 22.3 Å². The van der Waals surface area contributed by atoms with Gasteiger partial charge in [-0.3, -0.25) is 4.79 Å². The van der Waals surface area contributed by atoms with Gasteiger partial charge in [0.25, 0.3) is 5.91 Å². The molecule has 1 aromatic rings. The molecule has 1 aromatic carbocycles. The van der Waals surface area contributed by atoms with Crippen LogP contribution >= 0.6 is 15.9 Å². The number of rotatable bonds is 5. The first kappa shape index (κ1) is 18.2. The normalized spacial score (nSPS) is 15.9. The summed E-state index contributed by atoms with van der Waals surface area (Å²) in [5.41, 5.74) is -0.412. The Morgan fingerprint density at radius 3 is 2.52 bits per heavy atom. The third-order valence-electron chi connectivity index (χ3n) is 3.54. The molecule has 1 amide bonds. The van der Waals surface area contributed by atoms with Crippen LogP contribution in [-0.2, 0) is 10.2 Å². The summed E-state index contributed by atoms with van der Waals surface area (Å²) in [5, 5.41) is 0. The number of carbonyl (C=O) groups is 1. The molecule has 0 spiro atoms. The average Bonchev–Trinajstić information content (AvgIpc) is 2.89. The molecule has 2 rings (SSSR count). The van der Waals surface area contributed by atoms with Gasteiger partial charge in [0, 0.05) is 18.6 Å². The Labute approximate surface area is 143 Å². The number of nitrogens with zero attached hydrogens (tertiary/aromatic N) is 1. The highest BCUT2D eigenvalue weighted by Crippen LogP contribution is 2.31. The lowest BCUT2D eigenvalue weighted by molar-refractivity contribution is 0.0968. The molecule has 9 heteroatoms. The van der Waals surface area contributed by atoms with Crippen molar-refractivity contribution in [3.63, 3.8) is 0 Å². The first-order chi connectivity index (χ1) is 10.7. The van der Waals surface area contributed by atoms with Crippen LogP contribution in [0.2, 0.25) is 0 Å². The summed E-state index contributed by atoms with van der Waals surface area (Å²) in [6.45, 7) is 0. The van der Waals surface area contributed by atoms with Crippen molar-refractivity contribution in [3.05, 3.63) is 28.0 Å². The van der Waals surface area contributed by atoms with E-state index in [4.69, 9.17) is 4.74 Å². The lowest BCUT2D eigenvalue weighted by atomic mass is 10.1. The van der Waals surface area contributed by atoms with Crippen LogP contribution < -0.4 is 9.46 Å². The first-order valence-corrected chi connectivity index (χ1v) is 9.34. The molecule has 0 unspecified atom stereocenters.